The van der Waals surface area contributed by atoms with E-state index in [2.05, 4.69) is 28.1 Å². The van der Waals surface area contributed by atoms with Gasteiger partial charge >= 0.3 is 0 Å². The van der Waals surface area contributed by atoms with E-state index in [-0.39, 0.29) is 5.60 Å². The minimum atomic E-state index is -0.187. The van der Waals surface area contributed by atoms with E-state index in [1.807, 2.05) is 32.0 Å². The lowest BCUT2D eigenvalue weighted by Crippen LogP contribution is -2.27. The van der Waals surface area contributed by atoms with Crippen LogP contribution < -0.4 is 4.74 Å². The third-order valence-electron chi connectivity index (χ3n) is 2.04. The monoisotopic (exact) mass is 238 g/mol. The van der Waals surface area contributed by atoms with Crippen molar-refractivity contribution in [2.75, 3.05) is 0 Å². The molecule has 0 atom stereocenters. The molecule has 1 aromatic carbocycles. The third-order valence-corrected chi connectivity index (χ3v) is 2.73. The Morgan fingerprint density at radius 3 is 2.85 bits per heavy atom. The first-order valence-corrected chi connectivity index (χ1v) is 5.04. The van der Waals surface area contributed by atoms with Gasteiger partial charge in [-0.25, -0.2) is 0 Å². The van der Waals surface area contributed by atoms with Crippen LogP contribution in [0.5, 0.6) is 5.75 Å². The van der Waals surface area contributed by atoms with Crippen molar-refractivity contribution in [3.63, 3.8) is 0 Å². The highest BCUT2D eigenvalue weighted by Gasteiger charge is 2.22. The maximum atomic E-state index is 5.78. The predicted molar refractivity (Wildman–Crippen MR) is 57.9 cm³/mol. The molecule has 0 aromatic heterocycles. The summed E-state index contributed by atoms with van der Waals surface area (Å²) in [4.78, 5) is 0. The second kappa shape index (κ2) is 2.88. The molecule has 0 N–H and O–H groups in total. The highest BCUT2D eigenvalue weighted by atomic mass is 79.9. The average molecular weight is 239 g/mol. The highest BCUT2D eigenvalue weighted by molar-refractivity contribution is 9.10. The molecule has 2 rings (SSSR count). The molecule has 0 bridgehead atoms. The summed E-state index contributed by atoms with van der Waals surface area (Å²) in [5.74, 6) is 0.946. The van der Waals surface area contributed by atoms with Crippen molar-refractivity contribution in [1.29, 1.82) is 0 Å². The van der Waals surface area contributed by atoms with Gasteiger partial charge in [-0.15, -0.1) is 0 Å². The van der Waals surface area contributed by atoms with Gasteiger partial charge in [0, 0.05) is 10.0 Å². The summed E-state index contributed by atoms with van der Waals surface area (Å²) in [7, 11) is 0. The molecule has 1 heterocycles. The van der Waals surface area contributed by atoms with E-state index in [0.717, 1.165) is 15.8 Å². The lowest BCUT2D eigenvalue weighted by molar-refractivity contribution is 0.159. The Bertz CT molecular complexity index is 366. The molecule has 13 heavy (non-hydrogen) atoms. The van der Waals surface area contributed by atoms with Crippen LogP contribution in [0.1, 0.15) is 19.4 Å². The zero-order chi connectivity index (χ0) is 9.47. The van der Waals surface area contributed by atoms with E-state index >= 15 is 0 Å². The summed E-state index contributed by atoms with van der Waals surface area (Å²) < 4.78 is 6.86. The van der Waals surface area contributed by atoms with Gasteiger partial charge in [0.15, 0.2) is 0 Å². The topological polar surface area (TPSA) is 9.23 Å². The van der Waals surface area contributed by atoms with Crippen LogP contribution in [0.25, 0.3) is 6.08 Å². The first kappa shape index (κ1) is 8.82. The van der Waals surface area contributed by atoms with Crippen LogP contribution in [0.15, 0.2) is 28.7 Å². The summed E-state index contributed by atoms with van der Waals surface area (Å²) in [6, 6.07) is 5.99. The van der Waals surface area contributed by atoms with Crippen molar-refractivity contribution >= 4 is 22.0 Å². The maximum Gasteiger partial charge on any atom is 0.128 e. The van der Waals surface area contributed by atoms with Crippen molar-refractivity contribution in [3.8, 4) is 5.75 Å². The zero-order valence-electron chi connectivity index (χ0n) is 7.67. The minimum absolute atomic E-state index is 0.187. The van der Waals surface area contributed by atoms with E-state index in [9.17, 15) is 0 Å². The molecular formula is C11H11BrO. The standard InChI is InChI=1S/C11H11BrO/c1-11(2)7-6-8-9(12)4-3-5-10(8)13-11/h3-7H,1-2H3. The quantitative estimate of drug-likeness (QED) is 0.671. The lowest BCUT2D eigenvalue weighted by atomic mass is 10.0. The van der Waals surface area contributed by atoms with Crippen LogP contribution in [0.4, 0.5) is 0 Å². The SMILES string of the molecule is CC1(C)C=Cc2c(Br)cccc2O1. The number of rotatable bonds is 0. The van der Waals surface area contributed by atoms with Crippen LogP contribution in [0.3, 0.4) is 0 Å². The number of hydrogen-bond donors (Lipinski definition) is 0. The fourth-order valence-electron chi connectivity index (χ4n) is 1.37. The summed E-state index contributed by atoms with van der Waals surface area (Å²) in [5, 5.41) is 0. The van der Waals surface area contributed by atoms with Crippen molar-refractivity contribution in [3.05, 3.63) is 34.3 Å². The molecule has 0 unspecified atom stereocenters. The van der Waals surface area contributed by atoms with Gasteiger partial charge in [0.1, 0.15) is 11.4 Å². The Morgan fingerprint density at radius 2 is 2.08 bits per heavy atom. The molecule has 0 saturated carbocycles. The molecule has 2 heteroatoms. The number of ether oxygens (including phenoxy) is 1. The van der Waals surface area contributed by atoms with E-state index in [0.29, 0.717) is 0 Å². The van der Waals surface area contributed by atoms with Gasteiger partial charge in [-0.2, -0.15) is 0 Å². The smallest absolute Gasteiger partial charge is 0.128 e. The number of hydrogen-bond acceptors (Lipinski definition) is 1. The number of benzene rings is 1. The molecule has 0 saturated heterocycles. The zero-order valence-corrected chi connectivity index (χ0v) is 9.26. The molecule has 0 aliphatic carbocycles. The fraction of sp³-hybridized carbons (Fsp3) is 0.273. The lowest BCUT2D eigenvalue weighted by Gasteiger charge is -2.28. The summed E-state index contributed by atoms with van der Waals surface area (Å²) >= 11 is 3.49. The Hall–Kier alpha value is -0.760. The van der Waals surface area contributed by atoms with Gasteiger partial charge in [0.25, 0.3) is 0 Å². The number of fused-ring (bicyclic) bond motifs is 1. The average Bonchev–Trinajstić information content (AvgIpc) is 2.02. The van der Waals surface area contributed by atoms with Crippen LogP contribution in [-0.2, 0) is 0 Å². The molecule has 1 aliphatic heterocycles. The predicted octanol–water partition coefficient (Wildman–Crippen LogP) is 3.63. The van der Waals surface area contributed by atoms with Crippen molar-refractivity contribution < 1.29 is 4.74 Å². The largest absolute Gasteiger partial charge is 0.483 e. The van der Waals surface area contributed by atoms with E-state index in [1.165, 1.54) is 0 Å². The molecule has 0 radical (unpaired) electrons. The van der Waals surface area contributed by atoms with E-state index in [4.69, 9.17) is 4.74 Å². The van der Waals surface area contributed by atoms with Gasteiger partial charge in [0.2, 0.25) is 0 Å². The van der Waals surface area contributed by atoms with Crippen molar-refractivity contribution in [1.82, 2.24) is 0 Å². The van der Waals surface area contributed by atoms with Crippen LogP contribution in [-0.4, -0.2) is 5.60 Å². The summed E-state index contributed by atoms with van der Waals surface area (Å²) in [6.07, 6.45) is 4.17. The Morgan fingerprint density at radius 1 is 1.31 bits per heavy atom. The third kappa shape index (κ3) is 1.63. The molecule has 0 fully saturated rings. The van der Waals surface area contributed by atoms with Crippen molar-refractivity contribution in [2.45, 2.75) is 19.4 Å². The minimum Gasteiger partial charge on any atom is -0.483 e. The first-order valence-electron chi connectivity index (χ1n) is 4.25. The second-order valence-corrected chi connectivity index (χ2v) is 4.54. The Balaban J connectivity index is 2.53. The fourth-order valence-corrected chi connectivity index (χ4v) is 1.85. The van der Waals surface area contributed by atoms with Gasteiger partial charge in [0.05, 0.1) is 0 Å². The van der Waals surface area contributed by atoms with Crippen molar-refractivity contribution in [2.24, 2.45) is 0 Å². The molecular weight excluding hydrogens is 228 g/mol. The van der Waals surface area contributed by atoms with Crippen LogP contribution in [0.2, 0.25) is 0 Å². The van der Waals surface area contributed by atoms with E-state index < -0.39 is 0 Å². The Labute approximate surface area is 86.5 Å². The Kier molecular flexibility index (Phi) is 1.95. The normalized spacial score (nSPS) is 17.8. The second-order valence-electron chi connectivity index (χ2n) is 3.69. The van der Waals surface area contributed by atoms with Crippen LogP contribution in [0, 0.1) is 0 Å². The first-order chi connectivity index (χ1) is 6.08. The molecule has 1 aromatic rings. The molecule has 0 spiro atoms. The molecule has 0 amide bonds. The maximum absolute atomic E-state index is 5.78. The summed E-state index contributed by atoms with van der Waals surface area (Å²) in [6.45, 7) is 4.10. The van der Waals surface area contributed by atoms with Gasteiger partial charge < -0.3 is 4.74 Å². The van der Waals surface area contributed by atoms with Gasteiger partial charge in [-0.3, -0.25) is 0 Å². The summed E-state index contributed by atoms with van der Waals surface area (Å²) in [5.41, 5.74) is 0.940. The highest BCUT2D eigenvalue weighted by Crippen LogP contribution is 2.34. The number of halogens is 1. The van der Waals surface area contributed by atoms with Gasteiger partial charge in [-0.1, -0.05) is 28.1 Å². The molecule has 68 valence electrons. The molecule has 1 aliphatic rings. The van der Waals surface area contributed by atoms with Crippen LogP contribution >= 0.6 is 15.9 Å². The molecule has 1 nitrogen and oxygen atoms in total. The van der Waals surface area contributed by atoms with E-state index in [1.54, 1.807) is 0 Å². The van der Waals surface area contributed by atoms with Gasteiger partial charge in [-0.05, 0) is 32.1 Å².